The summed E-state index contributed by atoms with van der Waals surface area (Å²) in [5.74, 6) is 0. The molecule has 0 saturated carbocycles. The van der Waals surface area contributed by atoms with Crippen LogP contribution in [0.4, 0.5) is 0 Å². The lowest BCUT2D eigenvalue weighted by Gasteiger charge is -2.24. The molecular formula is C122H82. The van der Waals surface area contributed by atoms with Crippen molar-refractivity contribution in [2.45, 2.75) is 38.5 Å². The van der Waals surface area contributed by atoms with Crippen molar-refractivity contribution in [2.75, 3.05) is 0 Å². The zero-order valence-corrected chi connectivity index (χ0v) is 68.4. The molecule has 23 aromatic rings. The van der Waals surface area contributed by atoms with Crippen LogP contribution in [0.1, 0.15) is 49.9 Å². The molecule has 0 atom stereocenters. The van der Waals surface area contributed by atoms with Crippen molar-refractivity contribution >= 4 is 118 Å². The maximum Gasteiger partial charge on any atom is 0.0165 e. The molecule has 0 radical (unpaired) electrons. The Kier molecular flexibility index (Phi) is 16.2. The van der Waals surface area contributed by atoms with Gasteiger partial charge in [-0.15, -0.1) is 0 Å². The minimum atomic E-state index is -0.167. The number of hydrogen-bond acceptors (Lipinski definition) is 0. The molecule has 0 amide bonds. The van der Waals surface area contributed by atoms with Gasteiger partial charge in [-0.1, -0.05) is 422 Å². The van der Waals surface area contributed by atoms with Gasteiger partial charge in [0, 0.05) is 10.8 Å². The van der Waals surface area contributed by atoms with Gasteiger partial charge in [0.1, 0.15) is 0 Å². The van der Waals surface area contributed by atoms with Gasteiger partial charge in [0.05, 0.1) is 0 Å². The third-order valence-corrected chi connectivity index (χ3v) is 27.4. The van der Waals surface area contributed by atoms with E-state index >= 15 is 0 Å². The largest absolute Gasteiger partial charge is 0.0616 e. The van der Waals surface area contributed by atoms with Crippen molar-refractivity contribution < 1.29 is 0 Å². The molecule has 0 heteroatoms. The first-order chi connectivity index (χ1) is 60.1. The lowest BCUT2D eigenvalue weighted by molar-refractivity contribution is 0.666. The quantitative estimate of drug-likeness (QED) is 0.105. The average Bonchev–Trinajstić information content (AvgIpc) is 1.51. The molecule has 0 heterocycles. The topological polar surface area (TPSA) is 0 Å². The van der Waals surface area contributed by atoms with Crippen molar-refractivity contribution in [1.82, 2.24) is 0 Å². The molecule has 0 saturated heterocycles. The maximum absolute atomic E-state index is 2.45. The second kappa shape index (κ2) is 27.8. The van der Waals surface area contributed by atoms with Gasteiger partial charge in [-0.05, 0) is 282 Å². The van der Waals surface area contributed by atoms with Gasteiger partial charge in [-0.25, -0.2) is 0 Å². The Hall–Kier alpha value is -15.1. The SMILES string of the molecule is CC1(C)c2cccc(-c3cccc(-c4c5ccccc5c(-c5cccc(-c6ccc7ccccc7c6)c5)c5ccccc45)c3)c2-c2c1c1ccccc1c1ccccc21.CC1(C)c2cccc(-c3cccc(-c4c5ccccc5c(-c5ccccc5-c5cc6ccccc6c6ccccc56)c5ccccc45)c3)c2-c2c1c1ccccc1c1ccccc21. The van der Waals surface area contributed by atoms with Crippen LogP contribution >= 0.6 is 0 Å². The fraction of sp³-hybridized carbons (Fsp3) is 0.0492. The Morgan fingerprint density at radius 2 is 0.410 bits per heavy atom. The predicted octanol–water partition coefficient (Wildman–Crippen LogP) is 34.0. The van der Waals surface area contributed by atoms with Crippen LogP contribution in [0.5, 0.6) is 0 Å². The highest BCUT2D eigenvalue weighted by molar-refractivity contribution is 6.27. The lowest BCUT2D eigenvalue weighted by atomic mass is 9.79. The van der Waals surface area contributed by atoms with E-state index in [2.05, 4.69) is 452 Å². The minimum Gasteiger partial charge on any atom is -0.0616 e. The zero-order chi connectivity index (χ0) is 81.1. The Bertz CT molecular complexity index is 8270. The third-order valence-electron chi connectivity index (χ3n) is 27.4. The van der Waals surface area contributed by atoms with Crippen molar-refractivity contribution in [3.8, 4) is 111 Å². The molecule has 23 aromatic carbocycles. The highest BCUT2D eigenvalue weighted by atomic mass is 14.4. The molecule has 0 bridgehead atoms. The van der Waals surface area contributed by atoms with E-state index in [1.54, 1.807) is 0 Å². The van der Waals surface area contributed by atoms with Crippen molar-refractivity contribution in [3.05, 3.63) is 447 Å². The van der Waals surface area contributed by atoms with E-state index in [1.165, 1.54) is 252 Å². The normalized spacial score (nSPS) is 13.0. The molecule has 0 fully saturated rings. The average molecular weight is 1550 g/mol. The number of rotatable bonds is 8. The van der Waals surface area contributed by atoms with Gasteiger partial charge in [-0.2, -0.15) is 0 Å². The number of benzene rings is 23. The minimum absolute atomic E-state index is 0.157. The summed E-state index contributed by atoms with van der Waals surface area (Å²) in [4.78, 5) is 0. The van der Waals surface area contributed by atoms with Crippen LogP contribution in [0.25, 0.3) is 230 Å². The summed E-state index contributed by atoms with van der Waals surface area (Å²) in [6.07, 6.45) is 0. The van der Waals surface area contributed by atoms with Gasteiger partial charge >= 0.3 is 0 Å². The highest BCUT2D eigenvalue weighted by Gasteiger charge is 2.42. The fourth-order valence-corrected chi connectivity index (χ4v) is 22.1. The lowest BCUT2D eigenvalue weighted by Crippen LogP contribution is -2.15. The van der Waals surface area contributed by atoms with Crippen LogP contribution in [-0.4, -0.2) is 0 Å². The van der Waals surface area contributed by atoms with Crippen molar-refractivity contribution in [3.63, 3.8) is 0 Å². The van der Waals surface area contributed by atoms with Gasteiger partial charge < -0.3 is 0 Å². The molecule has 570 valence electrons. The Labute approximate surface area is 710 Å². The van der Waals surface area contributed by atoms with E-state index in [9.17, 15) is 0 Å². The monoisotopic (exact) mass is 1550 g/mol. The summed E-state index contributed by atoms with van der Waals surface area (Å²) in [6, 6.07) is 158. The number of hydrogen-bond donors (Lipinski definition) is 0. The molecule has 0 aliphatic heterocycles. The predicted molar refractivity (Wildman–Crippen MR) is 524 cm³/mol. The van der Waals surface area contributed by atoms with Gasteiger partial charge in [0.15, 0.2) is 0 Å². The summed E-state index contributed by atoms with van der Waals surface area (Å²) in [5, 5.41) is 28.3. The van der Waals surface area contributed by atoms with Gasteiger partial charge in [0.25, 0.3) is 0 Å². The zero-order valence-electron chi connectivity index (χ0n) is 68.4. The standard InChI is InChI=1S/C63H42.C59H40/c1-63(2)57-36-18-35-43(60(57)61-50-29-11-7-24-45(50)46-25-9-16-34-55(46)62(61)63)39-20-17-21-41(37-39)58-51-30-12-14-32-53(51)59(54-33-15-13-31-52(54)58)49-28-10-8-27-48(49)56-38-40-19-3-4-22-42(40)44-23-5-6-26-47(44)56;1-59(2)53-31-15-30-44(56(53)57-47-24-7-5-22-45(47)46-23-6-12-29-52(46)58(57)59)41-19-14-21-43(36-41)55-50-27-10-8-25-48(50)54(49-26-9-11-28-51(49)55)42-20-13-18-39(35-42)40-33-32-37-16-3-4-17-38(37)34-40/h3-38H,1-2H3;3-36H,1-2H3. The molecule has 25 rings (SSSR count). The smallest absolute Gasteiger partial charge is 0.0165 e. The molecule has 0 spiro atoms. The van der Waals surface area contributed by atoms with Crippen LogP contribution in [0.15, 0.2) is 425 Å². The van der Waals surface area contributed by atoms with Crippen molar-refractivity contribution in [2.24, 2.45) is 0 Å². The fourth-order valence-electron chi connectivity index (χ4n) is 22.1. The first-order valence-electron chi connectivity index (χ1n) is 42.9. The Morgan fingerprint density at radius 1 is 0.131 bits per heavy atom. The van der Waals surface area contributed by atoms with E-state index in [4.69, 9.17) is 0 Å². The molecule has 2 aliphatic rings. The molecular weight excluding hydrogens is 1470 g/mol. The second-order valence-corrected chi connectivity index (χ2v) is 34.6. The van der Waals surface area contributed by atoms with E-state index < -0.39 is 0 Å². The van der Waals surface area contributed by atoms with Crippen LogP contribution in [0, 0.1) is 0 Å². The van der Waals surface area contributed by atoms with E-state index in [0.717, 1.165) is 0 Å². The van der Waals surface area contributed by atoms with E-state index in [0.29, 0.717) is 0 Å². The Morgan fingerprint density at radius 3 is 0.844 bits per heavy atom. The molecule has 0 N–H and O–H groups in total. The highest BCUT2D eigenvalue weighted by Crippen LogP contribution is 2.60. The summed E-state index contributed by atoms with van der Waals surface area (Å²) in [5.41, 5.74) is 30.8. The van der Waals surface area contributed by atoms with Gasteiger partial charge in [0.2, 0.25) is 0 Å². The second-order valence-electron chi connectivity index (χ2n) is 34.6. The van der Waals surface area contributed by atoms with E-state index in [1.807, 2.05) is 0 Å². The first-order valence-corrected chi connectivity index (χ1v) is 42.9. The molecule has 0 nitrogen and oxygen atoms in total. The molecule has 0 unspecified atom stereocenters. The summed E-state index contributed by atoms with van der Waals surface area (Å²) in [6.45, 7) is 9.66. The molecule has 2 aliphatic carbocycles. The van der Waals surface area contributed by atoms with Crippen LogP contribution < -0.4 is 0 Å². The number of fused-ring (bicyclic) bond motifs is 24. The third kappa shape index (κ3) is 10.8. The summed E-state index contributed by atoms with van der Waals surface area (Å²) >= 11 is 0. The van der Waals surface area contributed by atoms with Gasteiger partial charge in [-0.3, -0.25) is 0 Å². The molecule has 122 heavy (non-hydrogen) atoms. The van der Waals surface area contributed by atoms with Crippen LogP contribution in [-0.2, 0) is 10.8 Å². The van der Waals surface area contributed by atoms with Crippen LogP contribution in [0.3, 0.4) is 0 Å². The van der Waals surface area contributed by atoms with Crippen LogP contribution in [0.2, 0.25) is 0 Å². The first kappa shape index (κ1) is 71.1. The summed E-state index contributed by atoms with van der Waals surface area (Å²) < 4.78 is 0. The Balaban J connectivity index is 0.000000138. The van der Waals surface area contributed by atoms with E-state index in [-0.39, 0.29) is 10.8 Å². The maximum atomic E-state index is 2.45. The van der Waals surface area contributed by atoms with Crippen molar-refractivity contribution in [1.29, 1.82) is 0 Å². The summed E-state index contributed by atoms with van der Waals surface area (Å²) in [7, 11) is 0. The molecule has 0 aromatic heterocycles.